The average Bonchev–Trinajstić information content (AvgIpc) is 3.19. The Hall–Kier alpha value is -4.68. The third-order valence-electron chi connectivity index (χ3n) is 9.45. The van der Waals surface area contributed by atoms with Gasteiger partial charge in [0.2, 0.25) is 5.91 Å². The fourth-order valence-corrected chi connectivity index (χ4v) is 6.36. The quantitative estimate of drug-likeness (QED) is 0.0525. The van der Waals surface area contributed by atoms with Gasteiger partial charge in [-0.2, -0.15) is 0 Å². The van der Waals surface area contributed by atoms with E-state index in [4.69, 9.17) is 23.7 Å². The number of pyridine rings is 1. The number of ketones is 1. The second-order valence-electron chi connectivity index (χ2n) is 14.6. The summed E-state index contributed by atoms with van der Waals surface area (Å²) < 4.78 is 28.5. The molecular formula is C46H60N2O9. The first-order valence-electron chi connectivity index (χ1n) is 20.2. The summed E-state index contributed by atoms with van der Waals surface area (Å²) in [5.74, 6) is -0.513. The Labute approximate surface area is 337 Å². The number of ether oxygens (including phenoxy) is 5. The number of carbonyl (C=O) groups excluding carboxylic acids is 2. The third-order valence-corrected chi connectivity index (χ3v) is 9.45. The van der Waals surface area contributed by atoms with Gasteiger partial charge in [0, 0.05) is 42.6 Å². The highest BCUT2D eigenvalue weighted by Crippen LogP contribution is 2.35. The van der Waals surface area contributed by atoms with Gasteiger partial charge in [0.15, 0.2) is 5.78 Å². The molecule has 1 amide bonds. The molecular weight excluding hydrogens is 725 g/mol. The summed E-state index contributed by atoms with van der Waals surface area (Å²) in [7, 11) is 0. The van der Waals surface area contributed by atoms with Gasteiger partial charge in [0.25, 0.3) is 0 Å². The molecule has 11 heteroatoms. The summed E-state index contributed by atoms with van der Waals surface area (Å²) in [5.41, 5.74) is 4.87. The molecule has 0 bridgehead atoms. The largest absolute Gasteiger partial charge is 0.491 e. The molecule has 308 valence electrons. The van der Waals surface area contributed by atoms with Crippen molar-refractivity contribution in [1.82, 2.24) is 10.3 Å². The first-order chi connectivity index (χ1) is 27.7. The summed E-state index contributed by atoms with van der Waals surface area (Å²) in [6.07, 6.45) is 5.29. The van der Waals surface area contributed by atoms with Crippen molar-refractivity contribution in [1.29, 1.82) is 0 Å². The molecule has 0 aliphatic carbocycles. The molecule has 0 radical (unpaired) electrons. The number of benzene rings is 3. The van der Waals surface area contributed by atoms with Crippen LogP contribution >= 0.6 is 0 Å². The number of carboxylic acids is 1. The van der Waals surface area contributed by atoms with Crippen LogP contribution in [0.2, 0.25) is 0 Å². The predicted molar refractivity (Wildman–Crippen MR) is 222 cm³/mol. The number of amides is 1. The van der Waals surface area contributed by atoms with Crippen molar-refractivity contribution in [2.45, 2.75) is 71.6 Å². The monoisotopic (exact) mass is 784 g/mol. The van der Waals surface area contributed by atoms with Gasteiger partial charge < -0.3 is 34.1 Å². The SMILES string of the molecule is Cc1ccnc(CCCCC(=O)NCC(=O)C[C@@H](CC(=O)O)c2ccc(-c3cccc4c(OCCOCCOCCOCCOCCC(C)C)cccc34)cc2)c1. The summed E-state index contributed by atoms with van der Waals surface area (Å²) in [6.45, 7) is 11.0. The molecule has 57 heavy (non-hydrogen) atoms. The van der Waals surface area contributed by atoms with Crippen LogP contribution < -0.4 is 10.1 Å². The van der Waals surface area contributed by atoms with Crippen molar-refractivity contribution < 1.29 is 43.2 Å². The zero-order valence-electron chi connectivity index (χ0n) is 33.8. The maximum absolute atomic E-state index is 12.9. The number of carbonyl (C=O) groups is 3. The van der Waals surface area contributed by atoms with E-state index < -0.39 is 11.9 Å². The van der Waals surface area contributed by atoms with Crippen LogP contribution in [0.5, 0.6) is 5.75 Å². The lowest BCUT2D eigenvalue weighted by atomic mass is 9.89. The van der Waals surface area contributed by atoms with Gasteiger partial charge in [0.05, 0.1) is 59.2 Å². The Balaban J connectivity index is 1.19. The van der Waals surface area contributed by atoms with Crippen molar-refractivity contribution in [2.24, 2.45) is 5.92 Å². The number of hydrogen-bond acceptors (Lipinski definition) is 9. The van der Waals surface area contributed by atoms with Crippen molar-refractivity contribution in [3.8, 4) is 16.9 Å². The molecule has 4 aromatic rings. The number of rotatable bonds is 29. The minimum atomic E-state index is -0.987. The number of nitrogens with zero attached hydrogens (tertiary/aromatic N) is 1. The number of aromatic nitrogens is 1. The van der Waals surface area contributed by atoms with Crippen LogP contribution in [0.4, 0.5) is 0 Å². The smallest absolute Gasteiger partial charge is 0.303 e. The Kier molecular flexibility index (Phi) is 20.2. The highest BCUT2D eigenvalue weighted by molar-refractivity contribution is 5.99. The molecule has 11 nitrogen and oxygen atoms in total. The number of aliphatic carboxylic acids is 1. The highest BCUT2D eigenvalue weighted by atomic mass is 16.6. The van der Waals surface area contributed by atoms with Crippen molar-refractivity contribution in [3.63, 3.8) is 0 Å². The zero-order valence-corrected chi connectivity index (χ0v) is 33.8. The number of aryl methyl sites for hydroxylation is 2. The lowest BCUT2D eigenvalue weighted by molar-refractivity contribution is -0.137. The maximum atomic E-state index is 12.9. The van der Waals surface area contributed by atoms with Crippen LogP contribution in [-0.2, 0) is 39.8 Å². The van der Waals surface area contributed by atoms with E-state index in [-0.39, 0.29) is 31.1 Å². The zero-order chi connectivity index (χ0) is 40.7. The Morgan fingerprint density at radius 1 is 0.737 bits per heavy atom. The van der Waals surface area contributed by atoms with Crippen LogP contribution in [0, 0.1) is 12.8 Å². The standard InChI is InChI=1S/C46H60N2O9/c1-34(2)19-21-53-22-23-54-24-25-55-26-27-56-28-29-57-44-12-7-10-42-41(9-6-11-43(42)44)37-16-14-36(15-17-37)38(32-46(51)52)31-40(49)33-48-45(50)13-5-4-8-39-30-35(3)18-20-47-39/h6-7,9-12,14-18,20,30,34,38H,4-5,8,13,19,21-29,31-33H2,1-3H3,(H,48,50)(H,51,52)/t38-/m0/s1. The molecule has 0 spiro atoms. The number of Topliss-reactive ketones (excluding diaryl/α,β-unsaturated/α-hetero) is 1. The van der Waals surface area contributed by atoms with Gasteiger partial charge in [-0.05, 0) is 84.4 Å². The van der Waals surface area contributed by atoms with Crippen molar-refractivity contribution >= 4 is 28.4 Å². The molecule has 0 unspecified atom stereocenters. The van der Waals surface area contributed by atoms with E-state index in [2.05, 4.69) is 24.1 Å². The molecule has 1 atom stereocenters. The minimum absolute atomic E-state index is 0.0146. The molecule has 2 N–H and O–H groups in total. The van der Waals surface area contributed by atoms with E-state index in [9.17, 15) is 19.5 Å². The minimum Gasteiger partial charge on any atom is -0.491 e. The van der Waals surface area contributed by atoms with E-state index in [1.54, 1.807) is 6.20 Å². The Morgan fingerprint density at radius 3 is 2.05 bits per heavy atom. The summed E-state index contributed by atoms with van der Waals surface area (Å²) in [5, 5.41) is 14.3. The topological polar surface area (TPSA) is 143 Å². The fourth-order valence-electron chi connectivity index (χ4n) is 6.36. The number of unbranched alkanes of at least 4 members (excludes halogenated alkanes) is 1. The van der Waals surface area contributed by atoms with E-state index in [0.29, 0.717) is 71.6 Å². The van der Waals surface area contributed by atoms with Gasteiger partial charge in [-0.1, -0.05) is 68.4 Å². The predicted octanol–water partition coefficient (Wildman–Crippen LogP) is 7.75. The number of carboxylic acid groups (broad SMARTS) is 1. The summed E-state index contributed by atoms with van der Waals surface area (Å²) in [4.78, 5) is 41.4. The Morgan fingerprint density at radius 2 is 1.39 bits per heavy atom. The highest BCUT2D eigenvalue weighted by Gasteiger charge is 2.20. The summed E-state index contributed by atoms with van der Waals surface area (Å²) in [6, 6.07) is 23.7. The van der Waals surface area contributed by atoms with E-state index >= 15 is 0 Å². The van der Waals surface area contributed by atoms with Gasteiger partial charge in [-0.3, -0.25) is 19.4 Å². The third kappa shape index (κ3) is 17.1. The van der Waals surface area contributed by atoms with Crippen molar-refractivity contribution in [2.75, 3.05) is 66.0 Å². The van der Waals surface area contributed by atoms with E-state index in [0.717, 1.165) is 70.3 Å². The molecule has 0 aliphatic rings. The fraction of sp³-hybridized carbons (Fsp3) is 0.478. The number of fused-ring (bicyclic) bond motifs is 1. The Bertz CT molecular complexity index is 1810. The van der Waals surface area contributed by atoms with E-state index in [1.807, 2.05) is 79.7 Å². The summed E-state index contributed by atoms with van der Waals surface area (Å²) >= 11 is 0. The molecule has 1 aromatic heterocycles. The maximum Gasteiger partial charge on any atom is 0.303 e. The van der Waals surface area contributed by atoms with Gasteiger partial charge in [0.1, 0.15) is 12.4 Å². The van der Waals surface area contributed by atoms with Gasteiger partial charge in [-0.15, -0.1) is 0 Å². The lowest BCUT2D eigenvalue weighted by Gasteiger charge is -2.16. The van der Waals surface area contributed by atoms with Crippen LogP contribution in [0.25, 0.3) is 21.9 Å². The number of nitrogens with one attached hydrogen (secondary N) is 1. The lowest BCUT2D eigenvalue weighted by Crippen LogP contribution is -2.30. The van der Waals surface area contributed by atoms with Crippen LogP contribution in [0.3, 0.4) is 0 Å². The van der Waals surface area contributed by atoms with Crippen LogP contribution in [0.1, 0.15) is 75.1 Å². The second-order valence-corrected chi connectivity index (χ2v) is 14.6. The molecule has 3 aromatic carbocycles. The van der Waals surface area contributed by atoms with E-state index in [1.165, 1.54) is 0 Å². The molecule has 4 rings (SSSR count). The first-order valence-corrected chi connectivity index (χ1v) is 20.2. The van der Waals surface area contributed by atoms with Crippen LogP contribution in [-0.4, -0.2) is 93.8 Å². The molecule has 0 aliphatic heterocycles. The van der Waals surface area contributed by atoms with Crippen LogP contribution in [0.15, 0.2) is 79.0 Å². The van der Waals surface area contributed by atoms with Gasteiger partial charge in [-0.25, -0.2) is 0 Å². The van der Waals surface area contributed by atoms with Gasteiger partial charge >= 0.3 is 5.97 Å². The normalized spacial score (nSPS) is 11.9. The molecule has 1 heterocycles. The average molecular weight is 785 g/mol. The number of hydrogen-bond donors (Lipinski definition) is 2. The first kappa shape index (κ1) is 45.0. The molecule has 0 saturated carbocycles. The molecule has 0 saturated heterocycles. The molecule has 0 fully saturated rings. The van der Waals surface area contributed by atoms with Crippen molar-refractivity contribution in [3.05, 3.63) is 95.8 Å². The second kappa shape index (κ2) is 25.5.